The Morgan fingerprint density at radius 1 is 1.47 bits per heavy atom. The third kappa shape index (κ3) is 4.24. The summed E-state index contributed by atoms with van der Waals surface area (Å²) in [6, 6.07) is 5.36. The van der Waals surface area contributed by atoms with Gasteiger partial charge in [0.05, 0.1) is 19.2 Å². The highest BCUT2D eigenvalue weighted by Gasteiger charge is 2.18. The van der Waals surface area contributed by atoms with Crippen molar-refractivity contribution >= 4 is 5.91 Å². The third-order valence-electron chi connectivity index (χ3n) is 3.15. The number of nitrogens with one attached hydrogen (secondary N) is 1. The van der Waals surface area contributed by atoms with Gasteiger partial charge in [-0.3, -0.25) is 4.79 Å². The van der Waals surface area contributed by atoms with Gasteiger partial charge in [-0.1, -0.05) is 31.0 Å². The van der Waals surface area contributed by atoms with Crippen molar-refractivity contribution in [2.45, 2.75) is 45.7 Å². The van der Waals surface area contributed by atoms with E-state index in [0.29, 0.717) is 6.42 Å². The molecule has 4 nitrogen and oxygen atoms in total. The zero-order valence-electron chi connectivity index (χ0n) is 12.2. The van der Waals surface area contributed by atoms with Crippen molar-refractivity contribution in [3.8, 4) is 5.75 Å². The van der Waals surface area contributed by atoms with E-state index in [1.54, 1.807) is 7.11 Å². The van der Waals surface area contributed by atoms with Gasteiger partial charge < -0.3 is 15.8 Å². The predicted molar refractivity (Wildman–Crippen MR) is 77.2 cm³/mol. The fourth-order valence-corrected chi connectivity index (χ4v) is 2.03. The highest BCUT2D eigenvalue weighted by atomic mass is 16.5. The molecule has 0 saturated carbocycles. The zero-order valence-corrected chi connectivity index (χ0v) is 12.2. The van der Waals surface area contributed by atoms with Crippen LogP contribution in [-0.2, 0) is 4.79 Å². The summed E-state index contributed by atoms with van der Waals surface area (Å²) in [6.45, 7) is 5.97. The number of methoxy groups -OCH3 is 1. The molecule has 0 aliphatic heterocycles. The molecule has 0 aromatic heterocycles. The van der Waals surface area contributed by atoms with Crippen molar-refractivity contribution in [3.63, 3.8) is 0 Å². The van der Waals surface area contributed by atoms with Crippen molar-refractivity contribution in [1.29, 1.82) is 0 Å². The van der Waals surface area contributed by atoms with Crippen LogP contribution in [0.2, 0.25) is 0 Å². The van der Waals surface area contributed by atoms with Crippen LogP contribution in [0.4, 0.5) is 0 Å². The van der Waals surface area contributed by atoms with Gasteiger partial charge >= 0.3 is 0 Å². The van der Waals surface area contributed by atoms with Crippen LogP contribution in [0.5, 0.6) is 5.75 Å². The minimum Gasteiger partial charge on any atom is -0.496 e. The van der Waals surface area contributed by atoms with Gasteiger partial charge in [-0.25, -0.2) is 0 Å². The Balaban J connectivity index is 2.80. The van der Waals surface area contributed by atoms with Crippen molar-refractivity contribution < 1.29 is 9.53 Å². The van der Waals surface area contributed by atoms with Gasteiger partial charge in [-0.05, 0) is 26.3 Å². The number of benzene rings is 1. The summed E-state index contributed by atoms with van der Waals surface area (Å²) in [5, 5.41) is 2.94. The molecular formula is C15H24N2O2. The predicted octanol–water partition coefficient (Wildman–Crippen LogP) is 2.31. The van der Waals surface area contributed by atoms with Crippen LogP contribution >= 0.6 is 0 Å². The number of ether oxygens (including phenoxy) is 1. The lowest BCUT2D eigenvalue weighted by Crippen LogP contribution is -2.41. The van der Waals surface area contributed by atoms with Gasteiger partial charge in [0, 0.05) is 5.56 Å². The Bertz CT molecular complexity index is 432. The highest BCUT2D eigenvalue weighted by Crippen LogP contribution is 2.26. The van der Waals surface area contributed by atoms with Crippen molar-refractivity contribution in [2.75, 3.05) is 7.11 Å². The number of carbonyl (C=O) groups excluding carboxylic acids is 1. The lowest BCUT2D eigenvalue weighted by Gasteiger charge is -2.20. The third-order valence-corrected chi connectivity index (χ3v) is 3.15. The maximum atomic E-state index is 11.9. The highest BCUT2D eigenvalue weighted by molar-refractivity contribution is 5.81. The number of aryl methyl sites for hydroxylation is 1. The topological polar surface area (TPSA) is 64.4 Å². The summed E-state index contributed by atoms with van der Waals surface area (Å²) in [4.78, 5) is 11.9. The fraction of sp³-hybridized carbons (Fsp3) is 0.533. The lowest BCUT2D eigenvalue weighted by molar-refractivity contribution is -0.123. The van der Waals surface area contributed by atoms with E-state index < -0.39 is 6.04 Å². The smallest absolute Gasteiger partial charge is 0.237 e. The summed E-state index contributed by atoms with van der Waals surface area (Å²) in [5.74, 6) is 0.667. The van der Waals surface area contributed by atoms with E-state index in [9.17, 15) is 4.79 Å². The number of amides is 1. The molecule has 0 heterocycles. The fourth-order valence-electron chi connectivity index (χ4n) is 2.03. The number of hydrogen-bond donors (Lipinski definition) is 2. The van der Waals surface area contributed by atoms with E-state index in [2.05, 4.69) is 5.32 Å². The molecule has 0 bridgehead atoms. The summed E-state index contributed by atoms with van der Waals surface area (Å²) >= 11 is 0. The lowest BCUT2D eigenvalue weighted by atomic mass is 10.0. The van der Waals surface area contributed by atoms with Crippen molar-refractivity contribution in [2.24, 2.45) is 5.73 Å². The van der Waals surface area contributed by atoms with Gasteiger partial charge in [-0.15, -0.1) is 0 Å². The Labute approximate surface area is 115 Å². The largest absolute Gasteiger partial charge is 0.496 e. The van der Waals surface area contributed by atoms with Crippen molar-refractivity contribution in [1.82, 2.24) is 5.32 Å². The molecule has 1 rings (SSSR count). The first-order chi connectivity index (χ1) is 8.99. The Kier molecular flexibility index (Phi) is 5.83. The first-order valence-corrected chi connectivity index (χ1v) is 6.70. The van der Waals surface area contributed by atoms with Crippen molar-refractivity contribution in [3.05, 3.63) is 29.3 Å². The van der Waals surface area contributed by atoms with Crippen LogP contribution in [0, 0.1) is 6.92 Å². The number of hydrogen-bond acceptors (Lipinski definition) is 3. The monoisotopic (exact) mass is 264 g/mol. The van der Waals surface area contributed by atoms with Gasteiger partial charge in [0.25, 0.3) is 0 Å². The van der Waals surface area contributed by atoms with Crippen LogP contribution in [0.25, 0.3) is 0 Å². The number of rotatable bonds is 6. The second kappa shape index (κ2) is 7.14. The summed E-state index contributed by atoms with van der Waals surface area (Å²) < 4.78 is 5.33. The first-order valence-electron chi connectivity index (χ1n) is 6.70. The molecule has 0 aliphatic carbocycles. The van der Waals surface area contributed by atoms with Crippen LogP contribution in [0.3, 0.4) is 0 Å². The molecule has 4 heteroatoms. The normalized spacial score (nSPS) is 13.7. The summed E-state index contributed by atoms with van der Waals surface area (Å²) in [7, 11) is 1.63. The van der Waals surface area contributed by atoms with Crippen LogP contribution < -0.4 is 15.8 Å². The van der Waals surface area contributed by atoms with E-state index in [1.165, 1.54) is 0 Å². The van der Waals surface area contributed by atoms with E-state index in [-0.39, 0.29) is 11.9 Å². The van der Waals surface area contributed by atoms with E-state index in [1.807, 2.05) is 39.0 Å². The standard InChI is InChI=1S/C15H24N2O2/c1-5-6-13(16)15(18)17-11(3)12-9-10(2)7-8-14(12)19-4/h7-9,11,13H,5-6,16H2,1-4H3,(H,17,18)/t11?,13-/m0/s1. The Morgan fingerprint density at radius 3 is 2.74 bits per heavy atom. The van der Waals surface area contributed by atoms with Crippen LogP contribution in [0.15, 0.2) is 18.2 Å². The molecule has 1 amide bonds. The van der Waals surface area contributed by atoms with Gasteiger partial charge in [0.1, 0.15) is 5.75 Å². The molecule has 19 heavy (non-hydrogen) atoms. The van der Waals surface area contributed by atoms with Gasteiger partial charge in [0.2, 0.25) is 5.91 Å². The Hall–Kier alpha value is -1.55. The van der Waals surface area contributed by atoms with E-state index in [0.717, 1.165) is 23.3 Å². The molecule has 1 unspecified atom stereocenters. The van der Waals surface area contributed by atoms with E-state index in [4.69, 9.17) is 10.5 Å². The maximum Gasteiger partial charge on any atom is 0.237 e. The average molecular weight is 264 g/mol. The second-order valence-electron chi connectivity index (χ2n) is 4.87. The van der Waals surface area contributed by atoms with Gasteiger partial charge in [0.15, 0.2) is 0 Å². The quantitative estimate of drug-likeness (QED) is 0.828. The Morgan fingerprint density at radius 2 is 2.16 bits per heavy atom. The molecule has 0 aliphatic rings. The summed E-state index contributed by atoms with van der Waals surface area (Å²) in [5.41, 5.74) is 7.92. The van der Waals surface area contributed by atoms with Crippen LogP contribution in [-0.4, -0.2) is 19.1 Å². The molecule has 3 N–H and O–H groups in total. The minimum atomic E-state index is -0.441. The van der Waals surface area contributed by atoms with Gasteiger partial charge in [-0.2, -0.15) is 0 Å². The average Bonchev–Trinajstić information content (AvgIpc) is 2.38. The van der Waals surface area contributed by atoms with Crippen LogP contribution in [0.1, 0.15) is 43.9 Å². The molecule has 0 fully saturated rings. The number of carbonyl (C=O) groups is 1. The molecule has 106 valence electrons. The molecular weight excluding hydrogens is 240 g/mol. The SMILES string of the molecule is CCC[C@H](N)C(=O)NC(C)c1cc(C)ccc1OC. The first kappa shape index (κ1) is 15.5. The molecule has 0 saturated heterocycles. The molecule has 0 spiro atoms. The molecule has 0 radical (unpaired) electrons. The summed E-state index contributed by atoms with van der Waals surface area (Å²) in [6.07, 6.45) is 1.60. The molecule has 2 atom stereocenters. The minimum absolute atomic E-state index is 0.113. The maximum absolute atomic E-state index is 11.9. The second-order valence-corrected chi connectivity index (χ2v) is 4.87. The molecule has 1 aromatic carbocycles. The van der Waals surface area contributed by atoms with E-state index >= 15 is 0 Å². The molecule has 1 aromatic rings. The zero-order chi connectivity index (χ0) is 14.4. The number of nitrogens with two attached hydrogens (primary N) is 1.